The highest BCUT2D eigenvalue weighted by molar-refractivity contribution is 7.11. The van der Waals surface area contributed by atoms with Crippen molar-refractivity contribution in [1.29, 1.82) is 0 Å². The minimum Gasteiger partial charge on any atom is -0.385 e. The molecule has 0 aliphatic heterocycles. The van der Waals surface area contributed by atoms with Gasteiger partial charge in [-0.2, -0.15) is 0 Å². The molecule has 0 unspecified atom stereocenters. The van der Waals surface area contributed by atoms with Crippen molar-refractivity contribution in [2.75, 3.05) is 0 Å². The molecule has 0 saturated heterocycles. The molecule has 0 amide bonds. The molecule has 1 N–H and O–H groups in total. The second kappa shape index (κ2) is 3.28. The van der Waals surface area contributed by atoms with E-state index in [1.54, 1.807) is 11.3 Å². The molecule has 70 valence electrons. The first-order valence-electron chi connectivity index (χ1n) is 4.68. The summed E-state index contributed by atoms with van der Waals surface area (Å²) < 4.78 is 0. The van der Waals surface area contributed by atoms with E-state index in [-0.39, 0.29) is 0 Å². The monoisotopic (exact) mass is 194 g/mol. The van der Waals surface area contributed by atoms with Gasteiger partial charge in [0.2, 0.25) is 0 Å². The van der Waals surface area contributed by atoms with Crippen molar-refractivity contribution >= 4 is 16.9 Å². The van der Waals surface area contributed by atoms with Crippen molar-refractivity contribution in [3.8, 4) is 0 Å². The second-order valence-corrected chi connectivity index (χ2v) is 4.64. The van der Waals surface area contributed by atoms with E-state index in [1.165, 1.54) is 0 Å². The highest BCUT2D eigenvalue weighted by Gasteiger charge is 2.34. The Morgan fingerprint density at radius 1 is 1.46 bits per heavy atom. The lowest BCUT2D eigenvalue weighted by Crippen LogP contribution is -2.24. The topological polar surface area (TPSA) is 20.2 Å². The molecule has 2 rings (SSSR count). The van der Waals surface area contributed by atoms with Gasteiger partial charge in [0.15, 0.2) is 0 Å². The predicted molar refractivity (Wildman–Crippen MR) is 56.8 cm³/mol. The summed E-state index contributed by atoms with van der Waals surface area (Å²) in [4.78, 5) is 1.13. The Hall–Kier alpha value is -0.600. The molecule has 2 heteroatoms. The molecule has 1 nitrogen and oxygen atoms in total. The fourth-order valence-corrected chi connectivity index (χ4v) is 2.73. The molecule has 1 aromatic heterocycles. The van der Waals surface area contributed by atoms with Crippen LogP contribution >= 0.6 is 11.3 Å². The fourth-order valence-electron chi connectivity index (χ4n) is 1.94. The lowest BCUT2D eigenvalue weighted by Gasteiger charge is -2.23. The Morgan fingerprint density at radius 2 is 2.15 bits per heavy atom. The number of hydrogen-bond donors (Lipinski definition) is 1. The van der Waals surface area contributed by atoms with E-state index >= 15 is 0 Å². The first kappa shape index (κ1) is 8.97. The summed E-state index contributed by atoms with van der Waals surface area (Å²) in [7, 11) is 0. The quantitative estimate of drug-likeness (QED) is 0.767. The zero-order chi connectivity index (χ0) is 9.31. The van der Waals surface area contributed by atoms with Gasteiger partial charge in [-0.25, -0.2) is 0 Å². The normalized spacial score (nSPS) is 20.4. The minimum atomic E-state index is -0.606. The average Bonchev–Trinajstić information content (AvgIpc) is 2.73. The van der Waals surface area contributed by atoms with Gasteiger partial charge < -0.3 is 5.11 Å². The SMILES string of the molecule is C=C(c1cccs1)C1(O)CCCC1. The molecule has 1 saturated carbocycles. The van der Waals surface area contributed by atoms with Crippen LogP contribution in [0.4, 0.5) is 0 Å². The van der Waals surface area contributed by atoms with Gasteiger partial charge >= 0.3 is 0 Å². The summed E-state index contributed by atoms with van der Waals surface area (Å²) in [5.74, 6) is 0. The first-order valence-corrected chi connectivity index (χ1v) is 5.56. The maximum atomic E-state index is 10.2. The summed E-state index contributed by atoms with van der Waals surface area (Å²) in [6.07, 6.45) is 4.01. The van der Waals surface area contributed by atoms with Crippen molar-refractivity contribution in [1.82, 2.24) is 0 Å². The van der Waals surface area contributed by atoms with Crippen LogP contribution in [0.25, 0.3) is 5.57 Å². The van der Waals surface area contributed by atoms with Crippen LogP contribution in [-0.2, 0) is 0 Å². The minimum absolute atomic E-state index is 0.606. The third-order valence-electron chi connectivity index (χ3n) is 2.81. The first-order chi connectivity index (χ1) is 6.22. The van der Waals surface area contributed by atoms with Crippen molar-refractivity contribution in [2.45, 2.75) is 31.3 Å². The molecule has 1 heterocycles. The van der Waals surface area contributed by atoms with E-state index in [0.717, 1.165) is 36.1 Å². The predicted octanol–water partition coefficient (Wildman–Crippen LogP) is 3.07. The van der Waals surface area contributed by atoms with Gasteiger partial charge in [0, 0.05) is 4.88 Å². The van der Waals surface area contributed by atoms with Crippen LogP contribution in [-0.4, -0.2) is 10.7 Å². The van der Waals surface area contributed by atoms with Crippen molar-refractivity contribution in [2.24, 2.45) is 0 Å². The third kappa shape index (κ3) is 1.56. The number of hydrogen-bond acceptors (Lipinski definition) is 2. The highest BCUT2D eigenvalue weighted by atomic mass is 32.1. The van der Waals surface area contributed by atoms with Crippen molar-refractivity contribution in [3.05, 3.63) is 29.0 Å². The Kier molecular flexibility index (Phi) is 2.26. The number of aliphatic hydroxyl groups is 1. The molecule has 13 heavy (non-hydrogen) atoms. The van der Waals surface area contributed by atoms with Gasteiger partial charge in [-0.1, -0.05) is 25.5 Å². The van der Waals surface area contributed by atoms with Crippen LogP contribution < -0.4 is 0 Å². The molecule has 0 atom stereocenters. The Labute approximate surface area is 82.7 Å². The second-order valence-electron chi connectivity index (χ2n) is 3.69. The summed E-state index contributed by atoms with van der Waals surface area (Å²) in [6, 6.07) is 4.03. The van der Waals surface area contributed by atoms with Crippen LogP contribution in [0.1, 0.15) is 30.6 Å². The average molecular weight is 194 g/mol. The van der Waals surface area contributed by atoms with E-state index in [4.69, 9.17) is 0 Å². The van der Waals surface area contributed by atoms with Gasteiger partial charge in [-0.05, 0) is 29.9 Å². The standard InChI is InChI=1S/C11H14OS/c1-9(10-5-4-8-13-10)11(12)6-2-3-7-11/h4-5,8,12H,1-3,6-7H2. The zero-order valence-electron chi connectivity index (χ0n) is 7.62. The molecule has 1 aliphatic rings. The van der Waals surface area contributed by atoms with Crippen molar-refractivity contribution in [3.63, 3.8) is 0 Å². The van der Waals surface area contributed by atoms with E-state index in [1.807, 2.05) is 17.5 Å². The maximum absolute atomic E-state index is 10.2. The zero-order valence-corrected chi connectivity index (χ0v) is 8.44. The van der Waals surface area contributed by atoms with Crippen LogP contribution in [0, 0.1) is 0 Å². The molecule has 0 aromatic carbocycles. The molecule has 0 radical (unpaired) electrons. The lowest BCUT2D eigenvalue weighted by atomic mass is 9.92. The summed E-state index contributed by atoms with van der Waals surface area (Å²) in [5.41, 5.74) is 0.310. The van der Waals surface area contributed by atoms with Crippen LogP contribution in [0.15, 0.2) is 24.1 Å². The summed E-state index contributed by atoms with van der Waals surface area (Å²) in [5, 5.41) is 12.3. The van der Waals surface area contributed by atoms with Gasteiger partial charge in [0.1, 0.15) is 0 Å². The summed E-state index contributed by atoms with van der Waals surface area (Å²) in [6.45, 7) is 4.01. The highest BCUT2D eigenvalue weighted by Crippen LogP contribution is 2.40. The summed E-state index contributed by atoms with van der Waals surface area (Å²) >= 11 is 1.66. The van der Waals surface area contributed by atoms with Gasteiger partial charge in [0.05, 0.1) is 5.60 Å². The molecular formula is C11H14OS. The molecular weight excluding hydrogens is 180 g/mol. The molecule has 1 aliphatic carbocycles. The third-order valence-corrected chi connectivity index (χ3v) is 3.74. The Balaban J connectivity index is 2.21. The number of rotatable bonds is 2. The van der Waals surface area contributed by atoms with E-state index in [2.05, 4.69) is 6.58 Å². The Bertz CT molecular complexity index is 294. The smallest absolute Gasteiger partial charge is 0.0904 e. The van der Waals surface area contributed by atoms with Crippen LogP contribution in [0.5, 0.6) is 0 Å². The van der Waals surface area contributed by atoms with Crippen molar-refractivity contribution < 1.29 is 5.11 Å². The van der Waals surface area contributed by atoms with Crippen LogP contribution in [0.3, 0.4) is 0 Å². The fraction of sp³-hybridized carbons (Fsp3) is 0.455. The van der Waals surface area contributed by atoms with Crippen LogP contribution in [0.2, 0.25) is 0 Å². The Morgan fingerprint density at radius 3 is 2.69 bits per heavy atom. The molecule has 0 bridgehead atoms. The maximum Gasteiger partial charge on any atom is 0.0904 e. The lowest BCUT2D eigenvalue weighted by molar-refractivity contribution is 0.111. The van der Waals surface area contributed by atoms with E-state index in [0.29, 0.717) is 0 Å². The number of thiophene rings is 1. The van der Waals surface area contributed by atoms with E-state index in [9.17, 15) is 5.11 Å². The molecule has 1 aromatic rings. The van der Waals surface area contributed by atoms with Gasteiger partial charge in [-0.15, -0.1) is 11.3 Å². The van der Waals surface area contributed by atoms with E-state index < -0.39 is 5.60 Å². The molecule has 0 spiro atoms. The molecule has 1 fully saturated rings. The van der Waals surface area contributed by atoms with Gasteiger partial charge in [-0.3, -0.25) is 0 Å². The van der Waals surface area contributed by atoms with Gasteiger partial charge in [0.25, 0.3) is 0 Å². The largest absolute Gasteiger partial charge is 0.385 e.